The molecule has 3 rings (SSSR count). The molecule has 1 aliphatic heterocycles. The van der Waals surface area contributed by atoms with E-state index in [1.54, 1.807) is 6.92 Å². The van der Waals surface area contributed by atoms with E-state index in [9.17, 15) is 4.79 Å². The van der Waals surface area contributed by atoms with Gasteiger partial charge >= 0.3 is 0 Å². The van der Waals surface area contributed by atoms with Crippen LogP contribution in [0.4, 0.5) is 0 Å². The van der Waals surface area contributed by atoms with Crippen LogP contribution in [0.1, 0.15) is 37.7 Å². The van der Waals surface area contributed by atoms with Gasteiger partial charge < -0.3 is 4.90 Å². The highest BCUT2D eigenvalue weighted by Crippen LogP contribution is 2.30. The Kier molecular flexibility index (Phi) is 4.60. The summed E-state index contributed by atoms with van der Waals surface area (Å²) < 4.78 is 1.86. The number of aryl methyl sites for hydroxylation is 2. The summed E-state index contributed by atoms with van der Waals surface area (Å²) in [7, 11) is 0. The molecule has 25 heavy (non-hydrogen) atoms. The molecule has 7 nitrogen and oxygen atoms in total. The van der Waals surface area contributed by atoms with Gasteiger partial charge in [-0.15, -0.1) is 5.10 Å². The smallest absolute Gasteiger partial charge is 0.219 e. The lowest BCUT2D eigenvalue weighted by atomic mass is 9.99. The van der Waals surface area contributed by atoms with Crippen LogP contribution in [0.2, 0.25) is 0 Å². The predicted molar refractivity (Wildman–Crippen MR) is 95.5 cm³/mol. The van der Waals surface area contributed by atoms with Crippen molar-refractivity contribution in [1.29, 1.82) is 0 Å². The highest BCUT2D eigenvalue weighted by Gasteiger charge is 2.37. The molecule has 0 bridgehead atoms. The van der Waals surface area contributed by atoms with Crippen molar-refractivity contribution in [2.75, 3.05) is 26.2 Å². The van der Waals surface area contributed by atoms with E-state index in [0.717, 1.165) is 48.8 Å². The highest BCUT2D eigenvalue weighted by molar-refractivity contribution is 5.73. The van der Waals surface area contributed by atoms with Crippen LogP contribution in [0.15, 0.2) is 18.2 Å². The van der Waals surface area contributed by atoms with Crippen molar-refractivity contribution in [3.63, 3.8) is 0 Å². The van der Waals surface area contributed by atoms with Crippen molar-refractivity contribution in [2.24, 2.45) is 0 Å². The van der Waals surface area contributed by atoms with Gasteiger partial charge in [0.2, 0.25) is 5.91 Å². The standard InChI is InChI=1S/C18H26N6O/c1-13-7-6-8-14(2)16(13)24-17(19-20-21-24)18(4,5)23-11-9-22(10-12-23)15(3)25/h6-8H,9-12H2,1-5H3. The molecule has 0 atom stereocenters. The quantitative estimate of drug-likeness (QED) is 0.849. The Morgan fingerprint density at radius 3 is 2.24 bits per heavy atom. The Balaban J connectivity index is 1.93. The number of benzene rings is 1. The van der Waals surface area contributed by atoms with Gasteiger partial charge in [0.25, 0.3) is 0 Å². The summed E-state index contributed by atoms with van der Waals surface area (Å²) in [6, 6.07) is 6.20. The summed E-state index contributed by atoms with van der Waals surface area (Å²) >= 11 is 0. The zero-order valence-electron chi connectivity index (χ0n) is 15.7. The van der Waals surface area contributed by atoms with Crippen LogP contribution in [0.5, 0.6) is 0 Å². The zero-order chi connectivity index (χ0) is 18.2. The number of tetrazole rings is 1. The van der Waals surface area contributed by atoms with Crippen molar-refractivity contribution in [2.45, 2.75) is 40.2 Å². The van der Waals surface area contributed by atoms with Gasteiger partial charge in [0, 0.05) is 33.1 Å². The third kappa shape index (κ3) is 3.16. The van der Waals surface area contributed by atoms with Gasteiger partial charge in [-0.3, -0.25) is 9.69 Å². The van der Waals surface area contributed by atoms with Crippen LogP contribution in [-0.4, -0.2) is 62.1 Å². The number of hydrogen-bond acceptors (Lipinski definition) is 5. The molecule has 2 heterocycles. The number of aromatic nitrogens is 4. The van der Waals surface area contributed by atoms with Gasteiger partial charge in [0.05, 0.1) is 11.2 Å². The first-order valence-corrected chi connectivity index (χ1v) is 8.68. The Morgan fingerprint density at radius 2 is 1.68 bits per heavy atom. The number of hydrogen-bond donors (Lipinski definition) is 0. The van der Waals surface area contributed by atoms with E-state index in [-0.39, 0.29) is 11.4 Å². The van der Waals surface area contributed by atoms with Crippen LogP contribution in [-0.2, 0) is 10.3 Å². The molecule has 2 aromatic rings. The van der Waals surface area contributed by atoms with E-state index in [4.69, 9.17) is 0 Å². The Hall–Kier alpha value is -2.28. The molecule has 1 saturated heterocycles. The third-order valence-corrected chi connectivity index (χ3v) is 5.18. The summed E-state index contributed by atoms with van der Waals surface area (Å²) in [6.07, 6.45) is 0. The minimum Gasteiger partial charge on any atom is -0.340 e. The van der Waals surface area contributed by atoms with E-state index in [2.05, 4.69) is 60.3 Å². The largest absolute Gasteiger partial charge is 0.340 e. The van der Waals surface area contributed by atoms with E-state index in [0.29, 0.717) is 0 Å². The minimum atomic E-state index is -0.332. The molecular formula is C18H26N6O. The average Bonchev–Trinajstić information content (AvgIpc) is 3.05. The second-order valence-electron chi connectivity index (χ2n) is 7.21. The molecule has 7 heteroatoms. The van der Waals surface area contributed by atoms with Gasteiger partial charge in [-0.1, -0.05) is 18.2 Å². The number of amides is 1. The molecule has 1 aliphatic rings. The summed E-state index contributed by atoms with van der Waals surface area (Å²) in [6.45, 7) is 13.2. The summed E-state index contributed by atoms with van der Waals surface area (Å²) in [4.78, 5) is 15.8. The molecule has 0 saturated carbocycles. The maximum absolute atomic E-state index is 11.6. The topological polar surface area (TPSA) is 67.2 Å². The molecule has 0 unspecified atom stereocenters. The van der Waals surface area contributed by atoms with Gasteiger partial charge in [0.15, 0.2) is 5.82 Å². The lowest BCUT2D eigenvalue weighted by Gasteiger charge is -2.43. The molecular weight excluding hydrogens is 316 g/mol. The van der Waals surface area contributed by atoms with Crippen molar-refractivity contribution >= 4 is 5.91 Å². The Labute approximate surface area is 148 Å². The fourth-order valence-corrected chi connectivity index (χ4v) is 3.58. The molecule has 0 aliphatic carbocycles. The normalized spacial score (nSPS) is 16.3. The predicted octanol–water partition coefficient (Wildman–Crippen LogP) is 1.68. The first-order chi connectivity index (χ1) is 11.8. The van der Waals surface area contributed by atoms with Crippen LogP contribution < -0.4 is 0 Å². The van der Waals surface area contributed by atoms with Gasteiger partial charge in [-0.05, 0) is 49.2 Å². The summed E-state index contributed by atoms with van der Waals surface area (Å²) in [5, 5.41) is 12.6. The molecule has 134 valence electrons. The summed E-state index contributed by atoms with van der Waals surface area (Å²) in [5.41, 5.74) is 3.00. The van der Waals surface area contributed by atoms with Gasteiger partial charge in [-0.2, -0.15) is 4.68 Å². The van der Waals surface area contributed by atoms with Crippen molar-refractivity contribution < 1.29 is 4.79 Å². The second-order valence-corrected chi connectivity index (χ2v) is 7.21. The number of carbonyl (C=O) groups is 1. The zero-order valence-corrected chi connectivity index (χ0v) is 15.7. The molecule has 1 fully saturated rings. The van der Waals surface area contributed by atoms with Crippen LogP contribution >= 0.6 is 0 Å². The average molecular weight is 342 g/mol. The first kappa shape index (κ1) is 17.5. The van der Waals surface area contributed by atoms with Crippen molar-refractivity contribution in [3.8, 4) is 5.69 Å². The monoisotopic (exact) mass is 342 g/mol. The molecule has 0 spiro atoms. The lowest BCUT2D eigenvalue weighted by Crippen LogP contribution is -2.54. The van der Waals surface area contributed by atoms with Crippen molar-refractivity contribution in [3.05, 3.63) is 35.2 Å². The van der Waals surface area contributed by atoms with Gasteiger partial charge in [-0.25, -0.2) is 0 Å². The minimum absolute atomic E-state index is 0.137. The number of carbonyl (C=O) groups excluding carboxylic acids is 1. The number of piperazine rings is 1. The van der Waals surface area contributed by atoms with Crippen LogP contribution in [0.3, 0.4) is 0 Å². The van der Waals surface area contributed by atoms with Gasteiger partial charge in [0.1, 0.15) is 0 Å². The molecule has 1 aromatic heterocycles. The Bertz CT molecular complexity index is 753. The third-order valence-electron chi connectivity index (χ3n) is 5.18. The first-order valence-electron chi connectivity index (χ1n) is 8.68. The van der Waals surface area contributed by atoms with E-state index in [1.165, 1.54) is 0 Å². The fourth-order valence-electron chi connectivity index (χ4n) is 3.58. The van der Waals surface area contributed by atoms with E-state index < -0.39 is 0 Å². The highest BCUT2D eigenvalue weighted by atomic mass is 16.2. The fraction of sp³-hybridized carbons (Fsp3) is 0.556. The SMILES string of the molecule is CC(=O)N1CCN(C(C)(C)c2nnnn2-c2c(C)cccc2C)CC1. The maximum Gasteiger partial charge on any atom is 0.219 e. The summed E-state index contributed by atoms with van der Waals surface area (Å²) in [5.74, 6) is 0.957. The van der Waals surface area contributed by atoms with Crippen LogP contribution in [0.25, 0.3) is 5.69 Å². The Morgan fingerprint density at radius 1 is 1.08 bits per heavy atom. The van der Waals surface area contributed by atoms with Crippen LogP contribution in [0, 0.1) is 13.8 Å². The molecule has 1 aromatic carbocycles. The maximum atomic E-state index is 11.6. The molecule has 0 N–H and O–H groups in total. The van der Waals surface area contributed by atoms with E-state index in [1.807, 2.05) is 15.6 Å². The van der Waals surface area contributed by atoms with E-state index >= 15 is 0 Å². The molecule has 1 amide bonds. The number of nitrogens with zero attached hydrogens (tertiary/aromatic N) is 6. The lowest BCUT2D eigenvalue weighted by molar-refractivity contribution is -0.131. The molecule has 0 radical (unpaired) electrons. The second kappa shape index (κ2) is 6.55. The number of rotatable bonds is 3. The van der Waals surface area contributed by atoms with Crippen molar-refractivity contribution in [1.82, 2.24) is 30.0 Å². The number of para-hydroxylation sites is 1.